The molecular formula is C13H16ClN5OS. The fourth-order valence-corrected chi connectivity index (χ4v) is 2.54. The van der Waals surface area contributed by atoms with Gasteiger partial charge in [0.05, 0.1) is 5.75 Å². The Morgan fingerprint density at radius 1 is 1.48 bits per heavy atom. The number of halogens is 1. The Balaban J connectivity index is 1.96. The molecule has 0 atom stereocenters. The summed E-state index contributed by atoms with van der Waals surface area (Å²) in [6.07, 6.45) is 0.692. The van der Waals surface area contributed by atoms with E-state index in [1.54, 1.807) is 12.1 Å². The van der Waals surface area contributed by atoms with Crippen LogP contribution >= 0.6 is 23.4 Å². The van der Waals surface area contributed by atoms with Crippen molar-refractivity contribution in [1.29, 1.82) is 0 Å². The van der Waals surface area contributed by atoms with Gasteiger partial charge in [0.1, 0.15) is 0 Å². The molecule has 2 aromatic rings. The molecule has 0 spiro atoms. The highest BCUT2D eigenvalue weighted by molar-refractivity contribution is 7.99. The highest BCUT2D eigenvalue weighted by Gasteiger charge is 2.12. The molecule has 1 aromatic heterocycles. The van der Waals surface area contributed by atoms with E-state index in [0.29, 0.717) is 28.1 Å². The molecule has 21 heavy (non-hydrogen) atoms. The van der Waals surface area contributed by atoms with E-state index < -0.39 is 0 Å². The first-order valence-corrected chi connectivity index (χ1v) is 7.75. The van der Waals surface area contributed by atoms with E-state index in [-0.39, 0.29) is 11.7 Å². The first-order chi connectivity index (χ1) is 10.0. The van der Waals surface area contributed by atoms with Gasteiger partial charge in [-0.15, -0.1) is 10.2 Å². The van der Waals surface area contributed by atoms with Crippen LogP contribution in [0.5, 0.6) is 0 Å². The molecule has 0 unspecified atom stereocenters. The number of carbonyl (C=O) groups excluding carboxylic acids is 1. The van der Waals surface area contributed by atoms with Crippen molar-refractivity contribution < 1.29 is 4.79 Å². The van der Waals surface area contributed by atoms with Crippen LogP contribution < -0.4 is 11.2 Å². The van der Waals surface area contributed by atoms with Crippen molar-refractivity contribution in [3.63, 3.8) is 0 Å². The minimum Gasteiger partial charge on any atom is -0.336 e. The molecule has 1 amide bonds. The lowest BCUT2D eigenvalue weighted by molar-refractivity contribution is -0.113. The summed E-state index contributed by atoms with van der Waals surface area (Å²) < 4.78 is 1.41. The van der Waals surface area contributed by atoms with Gasteiger partial charge in [0, 0.05) is 17.1 Å². The normalized spacial score (nSPS) is 10.6. The van der Waals surface area contributed by atoms with Gasteiger partial charge in [-0.1, -0.05) is 36.4 Å². The lowest BCUT2D eigenvalue weighted by Crippen LogP contribution is -2.17. The number of rotatable bonds is 5. The zero-order chi connectivity index (χ0) is 15.4. The van der Waals surface area contributed by atoms with Crippen molar-refractivity contribution in [2.45, 2.75) is 25.4 Å². The van der Waals surface area contributed by atoms with E-state index in [1.165, 1.54) is 16.4 Å². The maximum absolute atomic E-state index is 12.0. The molecule has 0 aliphatic heterocycles. The SMILES string of the molecule is CCc1nnc(SCC(=O)Nc2cc(Cl)ccc2C)n1N. The van der Waals surface area contributed by atoms with Gasteiger partial charge in [-0.3, -0.25) is 4.79 Å². The molecule has 0 saturated carbocycles. The fraction of sp³-hybridized carbons (Fsp3) is 0.308. The van der Waals surface area contributed by atoms with Gasteiger partial charge in [0.2, 0.25) is 11.1 Å². The summed E-state index contributed by atoms with van der Waals surface area (Å²) in [7, 11) is 0. The number of benzene rings is 1. The summed E-state index contributed by atoms with van der Waals surface area (Å²) in [6, 6.07) is 5.36. The first-order valence-electron chi connectivity index (χ1n) is 6.39. The maximum Gasteiger partial charge on any atom is 0.234 e. The van der Waals surface area contributed by atoms with Gasteiger partial charge in [-0.05, 0) is 24.6 Å². The highest BCUT2D eigenvalue weighted by Crippen LogP contribution is 2.21. The second kappa shape index (κ2) is 6.82. The van der Waals surface area contributed by atoms with E-state index >= 15 is 0 Å². The second-order valence-corrected chi connectivity index (χ2v) is 5.80. The average molecular weight is 326 g/mol. The monoisotopic (exact) mass is 325 g/mol. The van der Waals surface area contributed by atoms with Crippen molar-refractivity contribution >= 4 is 35.0 Å². The standard InChI is InChI=1S/C13H16ClN5OS/c1-3-11-17-18-13(19(11)15)21-7-12(20)16-10-6-9(14)5-4-8(10)2/h4-6H,3,7,15H2,1-2H3,(H,16,20). The molecule has 0 aliphatic rings. The van der Waals surface area contributed by atoms with Crippen molar-refractivity contribution in [3.05, 3.63) is 34.6 Å². The van der Waals surface area contributed by atoms with Crippen LogP contribution in [0.4, 0.5) is 5.69 Å². The Morgan fingerprint density at radius 2 is 2.24 bits per heavy atom. The van der Waals surface area contributed by atoms with Crippen LogP contribution in [0.2, 0.25) is 5.02 Å². The van der Waals surface area contributed by atoms with Gasteiger partial charge in [0.15, 0.2) is 5.82 Å². The number of nitrogen functional groups attached to an aromatic ring is 1. The average Bonchev–Trinajstić information content (AvgIpc) is 2.81. The number of thioether (sulfide) groups is 1. The van der Waals surface area contributed by atoms with Crippen molar-refractivity contribution in [1.82, 2.24) is 14.9 Å². The van der Waals surface area contributed by atoms with E-state index in [2.05, 4.69) is 15.5 Å². The first kappa shape index (κ1) is 15.7. The largest absolute Gasteiger partial charge is 0.336 e. The van der Waals surface area contributed by atoms with E-state index in [9.17, 15) is 4.79 Å². The molecule has 0 aliphatic carbocycles. The van der Waals surface area contributed by atoms with E-state index in [4.69, 9.17) is 17.4 Å². The zero-order valence-corrected chi connectivity index (χ0v) is 13.3. The van der Waals surface area contributed by atoms with Gasteiger partial charge in [-0.2, -0.15) is 0 Å². The summed E-state index contributed by atoms with van der Waals surface area (Å²) in [5, 5.41) is 11.8. The Kier molecular flexibility index (Phi) is 5.08. The third kappa shape index (κ3) is 3.89. The quantitative estimate of drug-likeness (QED) is 0.650. The molecule has 0 fully saturated rings. The number of nitrogens with zero attached hydrogens (tertiary/aromatic N) is 3. The Labute approximate surface area is 132 Å². The Hall–Kier alpha value is -1.73. The lowest BCUT2D eigenvalue weighted by Gasteiger charge is -2.08. The van der Waals surface area contributed by atoms with Crippen LogP contribution in [0.15, 0.2) is 23.4 Å². The highest BCUT2D eigenvalue weighted by atomic mass is 35.5. The molecule has 3 N–H and O–H groups in total. The number of nitrogens with two attached hydrogens (primary N) is 1. The van der Waals surface area contributed by atoms with Crippen molar-refractivity contribution in [3.8, 4) is 0 Å². The van der Waals surface area contributed by atoms with Gasteiger partial charge < -0.3 is 11.2 Å². The minimum atomic E-state index is -0.147. The second-order valence-electron chi connectivity index (χ2n) is 4.42. The molecular weight excluding hydrogens is 310 g/mol. The molecule has 0 bridgehead atoms. The zero-order valence-electron chi connectivity index (χ0n) is 11.8. The summed E-state index contributed by atoms with van der Waals surface area (Å²) in [5.41, 5.74) is 1.66. The fourth-order valence-electron chi connectivity index (χ4n) is 1.69. The Morgan fingerprint density at radius 3 is 2.90 bits per heavy atom. The molecule has 8 heteroatoms. The molecule has 2 rings (SSSR count). The van der Waals surface area contributed by atoms with Crippen LogP contribution in [0, 0.1) is 6.92 Å². The number of amides is 1. The van der Waals surface area contributed by atoms with E-state index in [0.717, 1.165) is 5.56 Å². The molecule has 1 heterocycles. The number of nitrogens with one attached hydrogen (secondary N) is 1. The Bertz CT molecular complexity index is 658. The number of aromatic nitrogens is 3. The van der Waals surface area contributed by atoms with Gasteiger partial charge in [-0.25, -0.2) is 4.68 Å². The predicted molar refractivity (Wildman–Crippen MR) is 85.1 cm³/mol. The molecule has 6 nitrogen and oxygen atoms in total. The topological polar surface area (TPSA) is 85.8 Å². The van der Waals surface area contributed by atoms with Crippen LogP contribution in [0.25, 0.3) is 0 Å². The molecule has 0 saturated heterocycles. The summed E-state index contributed by atoms with van der Waals surface area (Å²) >= 11 is 7.16. The van der Waals surface area contributed by atoms with Gasteiger partial charge >= 0.3 is 0 Å². The predicted octanol–water partition coefficient (Wildman–Crippen LogP) is 2.25. The summed E-state index contributed by atoms with van der Waals surface area (Å²) in [5.74, 6) is 6.55. The number of anilines is 1. The van der Waals surface area contributed by atoms with Gasteiger partial charge in [0.25, 0.3) is 0 Å². The number of aryl methyl sites for hydroxylation is 2. The van der Waals surface area contributed by atoms with Crippen LogP contribution in [0.1, 0.15) is 18.3 Å². The van der Waals surface area contributed by atoms with Crippen molar-refractivity contribution in [2.24, 2.45) is 0 Å². The van der Waals surface area contributed by atoms with Crippen LogP contribution in [-0.4, -0.2) is 26.5 Å². The smallest absolute Gasteiger partial charge is 0.234 e. The molecule has 112 valence electrons. The number of hydrogen-bond acceptors (Lipinski definition) is 5. The van der Waals surface area contributed by atoms with Crippen LogP contribution in [-0.2, 0) is 11.2 Å². The third-order valence-corrected chi connectivity index (χ3v) is 4.04. The summed E-state index contributed by atoms with van der Waals surface area (Å²) in [6.45, 7) is 3.85. The number of hydrogen-bond donors (Lipinski definition) is 2. The summed E-state index contributed by atoms with van der Waals surface area (Å²) in [4.78, 5) is 12.0. The molecule has 1 aromatic carbocycles. The maximum atomic E-state index is 12.0. The van der Waals surface area contributed by atoms with Crippen molar-refractivity contribution in [2.75, 3.05) is 16.9 Å². The third-order valence-electron chi connectivity index (χ3n) is 2.86. The molecule has 0 radical (unpaired) electrons. The number of carbonyl (C=O) groups is 1. The van der Waals surface area contributed by atoms with E-state index in [1.807, 2.05) is 19.9 Å². The minimum absolute atomic E-state index is 0.147. The lowest BCUT2D eigenvalue weighted by atomic mass is 10.2. The van der Waals surface area contributed by atoms with Crippen LogP contribution in [0.3, 0.4) is 0 Å².